The summed E-state index contributed by atoms with van der Waals surface area (Å²) in [6.07, 6.45) is 3.56. The minimum Gasteiger partial charge on any atom is -0.459 e. The van der Waals surface area contributed by atoms with Crippen molar-refractivity contribution in [1.29, 1.82) is 0 Å². The number of nitrogens with zero attached hydrogens (tertiary/aromatic N) is 2. The first-order valence-corrected chi connectivity index (χ1v) is 7.94. The average molecular weight is 311 g/mol. The Hall–Kier alpha value is -1.14. The molecule has 21 heavy (non-hydrogen) atoms. The third kappa shape index (κ3) is 8.67. The Bertz CT molecular complexity index is 461. The van der Waals surface area contributed by atoms with Gasteiger partial charge in [-0.2, -0.15) is 0 Å². The van der Waals surface area contributed by atoms with Gasteiger partial charge in [0, 0.05) is 30.0 Å². The molecule has 0 unspecified atom stereocenters. The van der Waals surface area contributed by atoms with Crippen molar-refractivity contribution in [2.75, 3.05) is 5.75 Å². The number of rotatable bonds is 5. The van der Waals surface area contributed by atoms with E-state index >= 15 is 0 Å². The lowest BCUT2D eigenvalue weighted by Gasteiger charge is -2.20. The molecule has 5 nitrogen and oxygen atoms in total. The third-order valence-electron chi connectivity index (χ3n) is 2.24. The molecule has 118 valence electrons. The Balaban J connectivity index is 2.43. The maximum atomic E-state index is 11.6. The van der Waals surface area contributed by atoms with Crippen molar-refractivity contribution in [3.8, 4) is 0 Å². The van der Waals surface area contributed by atoms with Crippen LogP contribution in [0.3, 0.4) is 0 Å². The van der Waals surface area contributed by atoms with Crippen LogP contribution in [0.5, 0.6) is 0 Å². The van der Waals surface area contributed by atoms with Crippen molar-refractivity contribution in [3.63, 3.8) is 0 Å². The number of esters is 1. The molecule has 1 aromatic rings. The second-order valence-electron chi connectivity index (χ2n) is 6.85. The zero-order chi connectivity index (χ0) is 16.1. The molecule has 0 fully saturated rings. The highest BCUT2D eigenvalue weighted by Crippen LogP contribution is 2.15. The highest BCUT2D eigenvalue weighted by molar-refractivity contribution is 7.99. The predicted octanol–water partition coefficient (Wildman–Crippen LogP) is 2.80. The van der Waals surface area contributed by atoms with Crippen LogP contribution in [0.25, 0.3) is 0 Å². The summed E-state index contributed by atoms with van der Waals surface area (Å²) in [5.41, 5.74) is 0.622. The molecular weight excluding hydrogens is 286 g/mol. The van der Waals surface area contributed by atoms with Gasteiger partial charge >= 0.3 is 5.97 Å². The summed E-state index contributed by atoms with van der Waals surface area (Å²) < 4.78 is 5.23. The Morgan fingerprint density at radius 3 is 2.24 bits per heavy atom. The third-order valence-corrected chi connectivity index (χ3v) is 3.09. The van der Waals surface area contributed by atoms with Crippen LogP contribution in [0.15, 0.2) is 17.6 Å². The van der Waals surface area contributed by atoms with Gasteiger partial charge in [-0.15, -0.1) is 0 Å². The molecule has 0 spiro atoms. The van der Waals surface area contributed by atoms with Crippen molar-refractivity contribution in [2.24, 2.45) is 0 Å². The van der Waals surface area contributed by atoms with Crippen LogP contribution in [0.4, 0.5) is 0 Å². The highest BCUT2D eigenvalue weighted by Gasteiger charge is 2.16. The van der Waals surface area contributed by atoms with Crippen LogP contribution in [-0.2, 0) is 16.1 Å². The largest absolute Gasteiger partial charge is 0.459 e. The molecule has 0 amide bonds. The molecule has 0 saturated heterocycles. The van der Waals surface area contributed by atoms with Crippen LogP contribution in [0.2, 0.25) is 0 Å². The minimum atomic E-state index is -0.457. The first kappa shape index (κ1) is 17.9. The summed E-state index contributed by atoms with van der Waals surface area (Å²) in [6.45, 7) is 12.6. The molecule has 1 heterocycles. The number of aromatic nitrogens is 2. The lowest BCUT2D eigenvalue weighted by atomic mass is 10.1. The van der Waals surface area contributed by atoms with E-state index in [9.17, 15) is 4.79 Å². The maximum Gasteiger partial charge on any atom is 0.316 e. The van der Waals surface area contributed by atoms with E-state index in [0.29, 0.717) is 5.16 Å². The number of hydrogen-bond donors (Lipinski definition) is 1. The van der Waals surface area contributed by atoms with Gasteiger partial charge in [-0.1, -0.05) is 11.8 Å². The van der Waals surface area contributed by atoms with Crippen molar-refractivity contribution < 1.29 is 9.53 Å². The van der Waals surface area contributed by atoms with Crippen molar-refractivity contribution in [3.05, 3.63) is 18.0 Å². The summed E-state index contributed by atoms with van der Waals surface area (Å²) in [5.74, 6) is -0.0359. The van der Waals surface area contributed by atoms with E-state index in [4.69, 9.17) is 4.74 Å². The summed E-state index contributed by atoms with van der Waals surface area (Å²) >= 11 is 1.28. The lowest BCUT2D eigenvalue weighted by Crippen LogP contribution is -2.35. The normalized spacial score (nSPS) is 12.3. The molecule has 0 aliphatic rings. The Labute approximate surface area is 131 Å². The monoisotopic (exact) mass is 311 g/mol. The van der Waals surface area contributed by atoms with E-state index in [-0.39, 0.29) is 17.3 Å². The quantitative estimate of drug-likeness (QED) is 0.512. The Kier molecular flexibility index (Phi) is 6.16. The smallest absolute Gasteiger partial charge is 0.316 e. The predicted molar refractivity (Wildman–Crippen MR) is 85.2 cm³/mol. The number of nitrogens with one attached hydrogen (secondary N) is 1. The van der Waals surface area contributed by atoms with Gasteiger partial charge in [-0.05, 0) is 41.5 Å². The van der Waals surface area contributed by atoms with Crippen LogP contribution in [-0.4, -0.2) is 32.8 Å². The topological polar surface area (TPSA) is 64.1 Å². The SMILES string of the molecule is CC(C)(C)NCc1cnc(SCC(=O)OC(C)(C)C)nc1. The molecule has 0 bridgehead atoms. The fraction of sp³-hybridized carbons (Fsp3) is 0.667. The number of hydrogen-bond acceptors (Lipinski definition) is 6. The summed E-state index contributed by atoms with van der Waals surface area (Å²) in [7, 11) is 0. The van der Waals surface area contributed by atoms with Gasteiger partial charge in [-0.25, -0.2) is 9.97 Å². The van der Waals surface area contributed by atoms with E-state index in [1.807, 2.05) is 20.8 Å². The van der Waals surface area contributed by atoms with Gasteiger partial charge in [0.15, 0.2) is 5.16 Å². The fourth-order valence-electron chi connectivity index (χ4n) is 1.37. The zero-order valence-electron chi connectivity index (χ0n) is 13.7. The van der Waals surface area contributed by atoms with Crippen LogP contribution in [0, 0.1) is 0 Å². The fourth-order valence-corrected chi connectivity index (χ4v) is 1.93. The number of ether oxygens (including phenoxy) is 1. The highest BCUT2D eigenvalue weighted by atomic mass is 32.2. The van der Waals surface area contributed by atoms with Crippen molar-refractivity contribution in [2.45, 2.75) is 64.4 Å². The van der Waals surface area contributed by atoms with Crippen LogP contribution >= 0.6 is 11.8 Å². The first-order valence-electron chi connectivity index (χ1n) is 6.96. The molecular formula is C15H25N3O2S. The zero-order valence-corrected chi connectivity index (χ0v) is 14.5. The van der Waals surface area contributed by atoms with Gasteiger partial charge in [0.05, 0.1) is 5.75 Å². The number of carbonyl (C=O) groups is 1. The molecule has 0 atom stereocenters. The van der Waals surface area contributed by atoms with Gasteiger partial charge < -0.3 is 10.1 Å². The van der Waals surface area contributed by atoms with Crippen LogP contribution in [0.1, 0.15) is 47.1 Å². The number of carbonyl (C=O) groups excluding carboxylic acids is 1. The Morgan fingerprint density at radius 1 is 1.19 bits per heavy atom. The number of thioether (sulfide) groups is 1. The van der Waals surface area contributed by atoms with E-state index < -0.39 is 5.60 Å². The molecule has 0 radical (unpaired) electrons. The molecule has 0 aliphatic heterocycles. The maximum absolute atomic E-state index is 11.6. The summed E-state index contributed by atoms with van der Waals surface area (Å²) in [6, 6.07) is 0. The molecule has 6 heteroatoms. The van der Waals surface area contributed by atoms with Gasteiger partial charge in [-0.3, -0.25) is 4.79 Å². The summed E-state index contributed by atoms with van der Waals surface area (Å²) in [4.78, 5) is 20.1. The van der Waals surface area contributed by atoms with Gasteiger partial charge in [0.2, 0.25) is 0 Å². The second kappa shape index (κ2) is 7.22. The Morgan fingerprint density at radius 2 is 1.76 bits per heavy atom. The molecule has 0 saturated carbocycles. The van der Waals surface area contributed by atoms with Gasteiger partial charge in [0.25, 0.3) is 0 Å². The van der Waals surface area contributed by atoms with Crippen LogP contribution < -0.4 is 5.32 Å². The average Bonchev–Trinajstić information content (AvgIpc) is 2.32. The first-order chi connectivity index (χ1) is 9.55. The molecule has 0 aromatic carbocycles. The second-order valence-corrected chi connectivity index (χ2v) is 7.80. The van der Waals surface area contributed by atoms with E-state index in [2.05, 4.69) is 36.1 Å². The molecule has 1 N–H and O–H groups in total. The van der Waals surface area contributed by atoms with E-state index in [0.717, 1.165) is 12.1 Å². The molecule has 0 aliphatic carbocycles. The summed E-state index contributed by atoms with van der Waals surface area (Å²) in [5, 5.41) is 3.96. The lowest BCUT2D eigenvalue weighted by molar-refractivity contribution is -0.151. The standard InChI is InChI=1S/C15H25N3O2S/c1-14(2,3)18-9-11-7-16-13(17-8-11)21-10-12(19)20-15(4,5)6/h7-8,18H,9-10H2,1-6H3. The van der Waals surface area contributed by atoms with Gasteiger partial charge in [0.1, 0.15) is 5.60 Å². The van der Waals surface area contributed by atoms with Crippen molar-refractivity contribution in [1.82, 2.24) is 15.3 Å². The minimum absolute atomic E-state index is 0.0597. The molecule has 1 aromatic heterocycles. The molecule has 1 rings (SSSR count). The van der Waals surface area contributed by atoms with Crippen molar-refractivity contribution >= 4 is 17.7 Å². The van der Waals surface area contributed by atoms with E-state index in [1.54, 1.807) is 12.4 Å². The van der Waals surface area contributed by atoms with E-state index in [1.165, 1.54) is 11.8 Å².